The highest BCUT2D eigenvalue weighted by atomic mass is 32.2. The molecule has 0 fully saturated rings. The number of benzene rings is 1. The van der Waals surface area contributed by atoms with Gasteiger partial charge in [-0.3, -0.25) is 8.98 Å². The molecule has 0 saturated heterocycles. The Kier molecular flexibility index (Phi) is 4.94. The minimum atomic E-state index is -3.94. The van der Waals surface area contributed by atoms with Crippen molar-refractivity contribution >= 4 is 16.0 Å². The van der Waals surface area contributed by atoms with E-state index in [2.05, 4.69) is 5.32 Å². The zero-order valence-corrected chi connectivity index (χ0v) is 13.2. The van der Waals surface area contributed by atoms with Gasteiger partial charge in [0, 0.05) is 5.54 Å². The van der Waals surface area contributed by atoms with Gasteiger partial charge in [-0.1, -0.05) is 17.7 Å². The summed E-state index contributed by atoms with van der Waals surface area (Å²) in [7, 11) is -3.94. The molecule has 1 aromatic rings. The Morgan fingerprint density at radius 1 is 1.20 bits per heavy atom. The SMILES string of the molecule is Cc1ccc(S(=O)(=O)O[C@H](C)C(=O)NC(C)(C)C)cc1. The molecule has 0 bridgehead atoms. The molecule has 1 amide bonds. The molecule has 0 saturated carbocycles. The lowest BCUT2D eigenvalue weighted by molar-refractivity contribution is -0.128. The molecule has 0 aliphatic heterocycles. The summed E-state index contributed by atoms with van der Waals surface area (Å²) >= 11 is 0. The van der Waals surface area contributed by atoms with Crippen LogP contribution in [-0.2, 0) is 19.1 Å². The maximum atomic E-state index is 12.0. The Balaban J connectivity index is 2.81. The monoisotopic (exact) mass is 299 g/mol. The van der Waals surface area contributed by atoms with Gasteiger partial charge in [-0.15, -0.1) is 0 Å². The summed E-state index contributed by atoms with van der Waals surface area (Å²) in [6.07, 6.45) is -1.08. The maximum absolute atomic E-state index is 12.0. The minimum Gasteiger partial charge on any atom is -0.349 e. The van der Waals surface area contributed by atoms with E-state index in [1.54, 1.807) is 12.1 Å². The van der Waals surface area contributed by atoms with Crippen LogP contribution in [0.15, 0.2) is 29.2 Å². The van der Waals surface area contributed by atoms with E-state index in [1.807, 2.05) is 27.7 Å². The lowest BCUT2D eigenvalue weighted by Crippen LogP contribution is -2.46. The molecule has 20 heavy (non-hydrogen) atoms. The summed E-state index contributed by atoms with van der Waals surface area (Å²) in [5.74, 6) is -0.465. The summed E-state index contributed by atoms with van der Waals surface area (Å²) < 4.78 is 29.0. The number of carbonyl (C=O) groups is 1. The van der Waals surface area contributed by atoms with E-state index in [0.717, 1.165) is 5.56 Å². The molecule has 0 unspecified atom stereocenters. The first-order valence-corrected chi connectivity index (χ1v) is 7.74. The molecule has 0 aliphatic rings. The molecule has 1 rings (SSSR count). The van der Waals surface area contributed by atoms with E-state index in [-0.39, 0.29) is 4.90 Å². The lowest BCUT2D eigenvalue weighted by Gasteiger charge is -2.23. The number of rotatable bonds is 4. The molecule has 1 atom stereocenters. The fourth-order valence-electron chi connectivity index (χ4n) is 1.47. The third-order valence-electron chi connectivity index (χ3n) is 2.45. The van der Waals surface area contributed by atoms with Crippen LogP contribution in [0.4, 0.5) is 0 Å². The molecule has 1 N–H and O–H groups in total. The van der Waals surface area contributed by atoms with Gasteiger partial charge >= 0.3 is 0 Å². The predicted octanol–water partition coefficient (Wildman–Crippen LogP) is 2.00. The number of amides is 1. The Bertz CT molecular complexity index is 570. The molecular weight excluding hydrogens is 278 g/mol. The van der Waals surface area contributed by atoms with Gasteiger partial charge in [-0.2, -0.15) is 8.42 Å². The topological polar surface area (TPSA) is 72.5 Å². The molecule has 0 aromatic heterocycles. The first kappa shape index (κ1) is 16.7. The number of hydrogen-bond acceptors (Lipinski definition) is 4. The zero-order valence-electron chi connectivity index (χ0n) is 12.4. The fourth-order valence-corrected chi connectivity index (χ4v) is 2.51. The second kappa shape index (κ2) is 5.93. The molecule has 1 aromatic carbocycles. The van der Waals surface area contributed by atoms with Crippen LogP contribution in [-0.4, -0.2) is 26.0 Å². The first-order chi connectivity index (χ1) is 9.01. The third kappa shape index (κ3) is 4.94. The van der Waals surface area contributed by atoms with Crippen molar-refractivity contribution < 1.29 is 17.4 Å². The first-order valence-electron chi connectivity index (χ1n) is 6.33. The average Bonchev–Trinajstić information content (AvgIpc) is 2.26. The largest absolute Gasteiger partial charge is 0.349 e. The highest BCUT2D eigenvalue weighted by Crippen LogP contribution is 2.15. The van der Waals surface area contributed by atoms with Crippen LogP contribution in [0, 0.1) is 6.92 Å². The number of carbonyl (C=O) groups excluding carboxylic acids is 1. The molecule has 0 spiro atoms. The second-order valence-electron chi connectivity index (χ2n) is 5.74. The average molecular weight is 299 g/mol. The van der Waals surface area contributed by atoms with E-state index in [9.17, 15) is 13.2 Å². The van der Waals surface area contributed by atoms with Crippen LogP contribution in [0.3, 0.4) is 0 Å². The van der Waals surface area contributed by atoms with Gasteiger partial charge < -0.3 is 5.32 Å². The highest BCUT2D eigenvalue weighted by Gasteiger charge is 2.26. The maximum Gasteiger partial charge on any atom is 0.297 e. The molecule has 0 aliphatic carbocycles. The summed E-state index contributed by atoms with van der Waals surface area (Å²) in [6, 6.07) is 6.27. The van der Waals surface area contributed by atoms with Crippen LogP contribution >= 0.6 is 0 Å². The molecule has 0 radical (unpaired) electrons. The van der Waals surface area contributed by atoms with Crippen molar-refractivity contribution in [1.82, 2.24) is 5.32 Å². The Labute approximate surface area is 120 Å². The van der Waals surface area contributed by atoms with Crippen molar-refractivity contribution in [3.05, 3.63) is 29.8 Å². The summed E-state index contributed by atoms with van der Waals surface area (Å²) in [5.41, 5.74) is 0.505. The van der Waals surface area contributed by atoms with Gasteiger partial charge in [-0.25, -0.2) is 0 Å². The van der Waals surface area contributed by atoms with Gasteiger partial charge in [0.25, 0.3) is 16.0 Å². The van der Waals surface area contributed by atoms with E-state index < -0.39 is 27.7 Å². The standard InChI is InChI=1S/C14H21NO4S/c1-10-6-8-12(9-7-10)20(17,18)19-11(2)13(16)15-14(3,4)5/h6-9,11H,1-5H3,(H,15,16)/t11-/m1/s1. The van der Waals surface area contributed by atoms with E-state index in [4.69, 9.17) is 4.18 Å². The van der Waals surface area contributed by atoms with Crippen LogP contribution < -0.4 is 5.32 Å². The Hall–Kier alpha value is -1.40. The third-order valence-corrected chi connectivity index (χ3v) is 3.84. The number of aryl methyl sites for hydroxylation is 1. The molecule has 5 nitrogen and oxygen atoms in total. The van der Waals surface area contributed by atoms with Crippen LogP contribution in [0.25, 0.3) is 0 Å². The van der Waals surface area contributed by atoms with Crippen molar-refractivity contribution in [1.29, 1.82) is 0 Å². The second-order valence-corrected chi connectivity index (χ2v) is 7.32. The van der Waals surface area contributed by atoms with Crippen LogP contribution in [0.1, 0.15) is 33.3 Å². The van der Waals surface area contributed by atoms with Gasteiger partial charge in [0.05, 0.1) is 4.90 Å². The van der Waals surface area contributed by atoms with Gasteiger partial charge in [0.15, 0.2) is 6.10 Å². The molecule has 0 heterocycles. The van der Waals surface area contributed by atoms with Crippen molar-refractivity contribution in [3.63, 3.8) is 0 Å². The van der Waals surface area contributed by atoms with E-state index in [1.165, 1.54) is 19.1 Å². The van der Waals surface area contributed by atoms with Crippen molar-refractivity contribution in [2.24, 2.45) is 0 Å². The zero-order chi connectivity index (χ0) is 15.6. The predicted molar refractivity (Wildman–Crippen MR) is 76.8 cm³/mol. The van der Waals surface area contributed by atoms with Crippen LogP contribution in [0.5, 0.6) is 0 Å². The van der Waals surface area contributed by atoms with Crippen molar-refractivity contribution in [2.75, 3.05) is 0 Å². The molecule has 6 heteroatoms. The Morgan fingerprint density at radius 3 is 2.15 bits per heavy atom. The normalized spacial score (nSPS) is 13.8. The molecule has 112 valence electrons. The minimum absolute atomic E-state index is 0.0403. The summed E-state index contributed by atoms with van der Waals surface area (Å²) in [5, 5.41) is 2.67. The summed E-state index contributed by atoms with van der Waals surface area (Å²) in [4.78, 5) is 11.9. The quantitative estimate of drug-likeness (QED) is 0.863. The van der Waals surface area contributed by atoms with Crippen molar-refractivity contribution in [3.8, 4) is 0 Å². The van der Waals surface area contributed by atoms with E-state index in [0.29, 0.717) is 0 Å². The lowest BCUT2D eigenvalue weighted by atomic mass is 10.1. The van der Waals surface area contributed by atoms with E-state index >= 15 is 0 Å². The smallest absolute Gasteiger partial charge is 0.297 e. The number of nitrogens with one attached hydrogen (secondary N) is 1. The van der Waals surface area contributed by atoms with Crippen LogP contribution in [0.2, 0.25) is 0 Å². The number of hydrogen-bond donors (Lipinski definition) is 1. The fraction of sp³-hybridized carbons (Fsp3) is 0.500. The molecular formula is C14H21NO4S. The summed E-state index contributed by atoms with van der Waals surface area (Å²) in [6.45, 7) is 8.70. The van der Waals surface area contributed by atoms with Gasteiger partial charge in [-0.05, 0) is 46.8 Å². The Morgan fingerprint density at radius 2 is 1.70 bits per heavy atom. The van der Waals surface area contributed by atoms with Gasteiger partial charge in [0.1, 0.15) is 0 Å². The van der Waals surface area contributed by atoms with Crippen molar-refractivity contribution in [2.45, 2.75) is 51.2 Å². The highest BCUT2D eigenvalue weighted by molar-refractivity contribution is 7.86. The van der Waals surface area contributed by atoms with Gasteiger partial charge in [0.2, 0.25) is 0 Å².